The fourth-order valence-corrected chi connectivity index (χ4v) is 2.32. The summed E-state index contributed by atoms with van der Waals surface area (Å²) < 4.78 is 24.1. The molecule has 8 heteroatoms. The number of benzene rings is 1. The van der Waals surface area contributed by atoms with Crippen molar-refractivity contribution in [2.45, 2.75) is 19.0 Å². The monoisotopic (exact) mass is 300 g/mol. The molecule has 0 radical (unpaired) electrons. The second-order valence-electron chi connectivity index (χ2n) is 4.30. The van der Waals surface area contributed by atoms with Crippen molar-refractivity contribution in [1.29, 1.82) is 0 Å². The number of rotatable bonds is 6. The minimum atomic E-state index is -3.55. The molecule has 0 saturated carbocycles. The number of sulfonamides is 1. The summed E-state index contributed by atoms with van der Waals surface area (Å²) in [7, 11) is -3.55. The van der Waals surface area contributed by atoms with E-state index in [1.807, 2.05) is 0 Å². The predicted molar refractivity (Wildman–Crippen MR) is 72.4 cm³/mol. The summed E-state index contributed by atoms with van der Waals surface area (Å²) in [5.74, 6) is -1.94. The molecule has 0 spiro atoms. The third-order valence-corrected chi connectivity index (χ3v) is 3.23. The molecule has 0 bridgehead atoms. The first-order chi connectivity index (χ1) is 9.20. The maximum atomic E-state index is 11.8. The summed E-state index contributed by atoms with van der Waals surface area (Å²) in [5, 5.41) is 11.4. The number of carbonyl (C=O) groups excluding carboxylic acids is 1. The van der Waals surface area contributed by atoms with E-state index < -0.39 is 34.0 Å². The molecule has 7 nitrogen and oxygen atoms in total. The summed E-state index contributed by atoms with van der Waals surface area (Å²) in [6.45, 7) is 1.33. The predicted octanol–water partition coefficient (Wildman–Crippen LogP) is -0.134. The SMILES string of the molecule is CC(NS(C)(=O)=O)C(=O)N[C@H](C(=O)O)c1ccccc1. The van der Waals surface area contributed by atoms with Crippen molar-refractivity contribution in [3.05, 3.63) is 35.9 Å². The van der Waals surface area contributed by atoms with Gasteiger partial charge >= 0.3 is 5.97 Å². The average Bonchev–Trinajstić information content (AvgIpc) is 2.34. The Morgan fingerprint density at radius 1 is 1.20 bits per heavy atom. The first kappa shape index (κ1) is 16.1. The van der Waals surface area contributed by atoms with Gasteiger partial charge in [-0.05, 0) is 12.5 Å². The van der Waals surface area contributed by atoms with E-state index in [-0.39, 0.29) is 0 Å². The van der Waals surface area contributed by atoms with Crippen molar-refractivity contribution in [1.82, 2.24) is 10.0 Å². The van der Waals surface area contributed by atoms with Crippen LogP contribution in [-0.2, 0) is 19.6 Å². The first-order valence-electron chi connectivity index (χ1n) is 5.76. The van der Waals surface area contributed by atoms with Crippen molar-refractivity contribution in [2.24, 2.45) is 0 Å². The highest BCUT2D eigenvalue weighted by Crippen LogP contribution is 2.12. The van der Waals surface area contributed by atoms with E-state index >= 15 is 0 Å². The average molecular weight is 300 g/mol. The standard InChI is InChI=1S/C12H16N2O5S/c1-8(14-20(2,18)19)11(15)13-10(12(16)17)9-6-4-3-5-7-9/h3-8,10,14H,1-2H3,(H,13,15)(H,16,17)/t8?,10-/m0/s1. The molecule has 0 aromatic heterocycles. The van der Waals surface area contributed by atoms with Gasteiger partial charge < -0.3 is 10.4 Å². The highest BCUT2D eigenvalue weighted by molar-refractivity contribution is 7.88. The zero-order chi connectivity index (χ0) is 15.3. The third kappa shape index (κ3) is 4.98. The number of aliphatic carboxylic acids is 1. The lowest BCUT2D eigenvalue weighted by molar-refractivity contribution is -0.142. The van der Waals surface area contributed by atoms with Gasteiger partial charge in [0.2, 0.25) is 15.9 Å². The largest absolute Gasteiger partial charge is 0.479 e. The minimum absolute atomic E-state index is 0.403. The summed E-state index contributed by atoms with van der Waals surface area (Å²) in [6, 6.07) is 5.85. The number of hydrogen-bond donors (Lipinski definition) is 3. The molecule has 1 aromatic rings. The Kier molecular flexibility index (Phi) is 5.23. The van der Waals surface area contributed by atoms with Crippen LogP contribution < -0.4 is 10.0 Å². The highest BCUT2D eigenvalue weighted by atomic mass is 32.2. The molecule has 0 saturated heterocycles. The van der Waals surface area contributed by atoms with Crippen molar-refractivity contribution in [3.8, 4) is 0 Å². The van der Waals surface area contributed by atoms with Gasteiger partial charge in [-0.3, -0.25) is 4.79 Å². The summed E-state index contributed by atoms with van der Waals surface area (Å²) in [4.78, 5) is 23.0. The fourth-order valence-electron chi connectivity index (χ4n) is 1.58. The highest BCUT2D eigenvalue weighted by Gasteiger charge is 2.25. The molecule has 2 atom stereocenters. The third-order valence-electron chi connectivity index (χ3n) is 2.45. The van der Waals surface area contributed by atoms with Gasteiger partial charge in [-0.25, -0.2) is 17.9 Å². The van der Waals surface area contributed by atoms with Crippen LogP contribution in [0.15, 0.2) is 30.3 Å². The van der Waals surface area contributed by atoms with Crippen LogP contribution in [0, 0.1) is 0 Å². The Morgan fingerprint density at radius 3 is 2.20 bits per heavy atom. The van der Waals surface area contributed by atoms with E-state index in [9.17, 15) is 18.0 Å². The van der Waals surface area contributed by atoms with E-state index in [2.05, 4.69) is 10.0 Å². The number of nitrogens with one attached hydrogen (secondary N) is 2. The topological polar surface area (TPSA) is 113 Å². The molecule has 1 amide bonds. The molecule has 0 aliphatic carbocycles. The normalized spacial score (nSPS) is 14.3. The molecule has 0 fully saturated rings. The molecule has 20 heavy (non-hydrogen) atoms. The van der Waals surface area contributed by atoms with Gasteiger partial charge in [0.1, 0.15) is 0 Å². The number of carboxylic acids is 1. The van der Waals surface area contributed by atoms with E-state index in [1.165, 1.54) is 6.92 Å². The zero-order valence-corrected chi connectivity index (χ0v) is 11.8. The lowest BCUT2D eigenvalue weighted by Crippen LogP contribution is -2.46. The van der Waals surface area contributed by atoms with E-state index in [4.69, 9.17) is 5.11 Å². The summed E-state index contributed by atoms with van der Waals surface area (Å²) in [6.07, 6.45) is 0.919. The summed E-state index contributed by atoms with van der Waals surface area (Å²) in [5.41, 5.74) is 0.403. The molecular weight excluding hydrogens is 284 g/mol. The van der Waals surface area contributed by atoms with Gasteiger partial charge in [-0.1, -0.05) is 30.3 Å². The van der Waals surface area contributed by atoms with Crippen LogP contribution in [0.5, 0.6) is 0 Å². The van der Waals surface area contributed by atoms with Crippen molar-refractivity contribution in [3.63, 3.8) is 0 Å². The molecule has 110 valence electrons. The zero-order valence-electron chi connectivity index (χ0n) is 11.0. The molecule has 0 aliphatic heterocycles. The Balaban J connectivity index is 2.82. The van der Waals surface area contributed by atoms with Crippen molar-refractivity contribution < 1.29 is 23.1 Å². The van der Waals surface area contributed by atoms with Gasteiger partial charge in [-0.2, -0.15) is 0 Å². The lowest BCUT2D eigenvalue weighted by atomic mass is 10.1. The fraction of sp³-hybridized carbons (Fsp3) is 0.333. The Morgan fingerprint density at radius 2 is 1.75 bits per heavy atom. The molecule has 0 aliphatic rings. The van der Waals surface area contributed by atoms with Crippen LogP contribution in [-0.4, -0.2) is 37.7 Å². The van der Waals surface area contributed by atoms with Crippen LogP contribution in [0.2, 0.25) is 0 Å². The molecule has 1 aromatic carbocycles. The lowest BCUT2D eigenvalue weighted by Gasteiger charge is -2.18. The number of amides is 1. The van der Waals surface area contributed by atoms with Gasteiger partial charge in [0, 0.05) is 0 Å². The van der Waals surface area contributed by atoms with Crippen molar-refractivity contribution >= 4 is 21.9 Å². The number of carboxylic acid groups (broad SMARTS) is 1. The van der Waals surface area contributed by atoms with E-state index in [0.717, 1.165) is 6.26 Å². The minimum Gasteiger partial charge on any atom is -0.479 e. The van der Waals surface area contributed by atoms with Crippen LogP contribution in [0.3, 0.4) is 0 Å². The Hall–Kier alpha value is -1.93. The molecule has 1 unspecified atom stereocenters. The maximum Gasteiger partial charge on any atom is 0.330 e. The van der Waals surface area contributed by atoms with Gasteiger partial charge in [0.25, 0.3) is 0 Å². The van der Waals surface area contributed by atoms with E-state index in [0.29, 0.717) is 5.56 Å². The van der Waals surface area contributed by atoms with Crippen LogP contribution in [0.4, 0.5) is 0 Å². The molecular formula is C12H16N2O5S. The van der Waals surface area contributed by atoms with Crippen LogP contribution in [0.25, 0.3) is 0 Å². The van der Waals surface area contributed by atoms with Crippen LogP contribution in [0.1, 0.15) is 18.5 Å². The van der Waals surface area contributed by atoms with Gasteiger partial charge in [0.05, 0.1) is 12.3 Å². The smallest absolute Gasteiger partial charge is 0.330 e. The second-order valence-corrected chi connectivity index (χ2v) is 6.08. The first-order valence-corrected chi connectivity index (χ1v) is 7.65. The van der Waals surface area contributed by atoms with Gasteiger partial charge in [0.15, 0.2) is 6.04 Å². The van der Waals surface area contributed by atoms with E-state index in [1.54, 1.807) is 30.3 Å². The Labute approximate surface area is 117 Å². The number of hydrogen-bond acceptors (Lipinski definition) is 4. The molecule has 3 N–H and O–H groups in total. The maximum absolute atomic E-state index is 11.8. The van der Waals surface area contributed by atoms with Gasteiger partial charge in [-0.15, -0.1) is 0 Å². The summed E-state index contributed by atoms with van der Waals surface area (Å²) >= 11 is 0. The molecule has 0 heterocycles. The van der Waals surface area contributed by atoms with Crippen LogP contribution >= 0.6 is 0 Å². The second kappa shape index (κ2) is 6.49. The molecule has 1 rings (SSSR count). The quantitative estimate of drug-likeness (QED) is 0.677. The number of carbonyl (C=O) groups is 2. The Bertz CT molecular complexity index is 585. The van der Waals surface area contributed by atoms with Crippen molar-refractivity contribution in [2.75, 3.05) is 6.26 Å².